The molecule has 11 heteroatoms. The Morgan fingerprint density at radius 1 is 1.41 bits per heavy atom. The van der Waals surface area contributed by atoms with Crippen molar-refractivity contribution >= 4 is 13.7 Å². The van der Waals surface area contributed by atoms with Crippen LogP contribution in [-0.2, 0) is 13.8 Å². The number of rotatable bonds is 5. The molecule has 1 aromatic rings. The van der Waals surface area contributed by atoms with E-state index in [0.717, 1.165) is 0 Å². The fourth-order valence-electron chi connectivity index (χ4n) is 2.08. The zero-order valence-corrected chi connectivity index (χ0v) is 12.1. The number of nitrogens with two attached hydrogens (primary N) is 1. The van der Waals surface area contributed by atoms with Gasteiger partial charge in [0.2, 0.25) is 0 Å². The van der Waals surface area contributed by atoms with Crippen LogP contribution in [0.2, 0.25) is 0 Å². The predicted octanol–water partition coefficient (Wildman–Crippen LogP) is -2.20. The van der Waals surface area contributed by atoms with Crippen LogP contribution in [0.25, 0.3) is 0 Å². The van der Waals surface area contributed by atoms with E-state index >= 15 is 0 Å². The highest BCUT2D eigenvalue weighted by Crippen LogP contribution is 2.37. The van der Waals surface area contributed by atoms with Gasteiger partial charge in [0.05, 0.1) is 6.61 Å². The summed E-state index contributed by atoms with van der Waals surface area (Å²) in [6.45, 7) is -0.602. The molecule has 122 valence electrons. The van der Waals surface area contributed by atoms with E-state index in [1.54, 1.807) is 0 Å². The van der Waals surface area contributed by atoms with Gasteiger partial charge < -0.3 is 30.5 Å². The number of pyridine rings is 1. The molecule has 1 amide bonds. The topological polar surface area (TPSA) is 163 Å². The Bertz CT molecular complexity index is 606. The largest absolute Gasteiger partial charge is 0.469 e. The lowest BCUT2D eigenvalue weighted by Gasteiger charge is -2.13. The maximum Gasteiger partial charge on any atom is 0.469 e. The normalized spacial score (nSPS) is 28.7. The zero-order valence-electron chi connectivity index (χ0n) is 11.2. The van der Waals surface area contributed by atoms with Gasteiger partial charge in [0, 0.05) is 6.07 Å². The molecule has 1 aliphatic rings. The summed E-state index contributed by atoms with van der Waals surface area (Å²) in [7, 11) is -4.72. The molecule has 6 N–H and O–H groups in total. The van der Waals surface area contributed by atoms with Crippen molar-refractivity contribution in [2.45, 2.75) is 24.5 Å². The number of phosphoric ester groups is 1. The van der Waals surface area contributed by atoms with Crippen molar-refractivity contribution in [3.63, 3.8) is 0 Å². The number of primary amides is 1. The van der Waals surface area contributed by atoms with Gasteiger partial charge >= 0.3 is 7.82 Å². The van der Waals surface area contributed by atoms with Crippen LogP contribution in [0.15, 0.2) is 24.5 Å². The Morgan fingerprint density at radius 2 is 2.09 bits per heavy atom. The Hall–Kier alpha value is -1.39. The molecule has 1 aliphatic heterocycles. The van der Waals surface area contributed by atoms with Gasteiger partial charge in [-0.2, -0.15) is 4.57 Å². The Kier molecular flexibility index (Phi) is 4.93. The summed E-state index contributed by atoms with van der Waals surface area (Å²) in [5.41, 5.74) is 5.32. The lowest BCUT2D eigenvalue weighted by molar-refractivity contribution is -0.765. The number of aromatic nitrogens is 1. The monoisotopic (exact) mass is 335 g/mol. The minimum atomic E-state index is -4.72. The summed E-state index contributed by atoms with van der Waals surface area (Å²) in [4.78, 5) is 28.4. The van der Waals surface area contributed by atoms with E-state index in [2.05, 4.69) is 4.52 Å². The third-order valence-corrected chi connectivity index (χ3v) is 3.63. The van der Waals surface area contributed by atoms with Gasteiger partial charge in [0.1, 0.15) is 17.8 Å². The van der Waals surface area contributed by atoms with Crippen molar-refractivity contribution in [1.29, 1.82) is 0 Å². The summed E-state index contributed by atoms with van der Waals surface area (Å²) in [6, 6.07) is 2.97. The number of ether oxygens (including phenoxy) is 1. The lowest BCUT2D eigenvalue weighted by atomic mass is 10.1. The van der Waals surface area contributed by atoms with Crippen molar-refractivity contribution in [2.24, 2.45) is 5.73 Å². The van der Waals surface area contributed by atoms with Gasteiger partial charge in [0.15, 0.2) is 18.5 Å². The molecule has 0 aliphatic carbocycles. The number of phosphoric acid groups is 1. The number of nitrogens with zero attached hydrogens (tertiary/aromatic N) is 1. The van der Waals surface area contributed by atoms with Gasteiger partial charge in [-0.05, 0) is 6.07 Å². The average molecular weight is 335 g/mol. The van der Waals surface area contributed by atoms with E-state index < -0.39 is 44.9 Å². The molecule has 10 nitrogen and oxygen atoms in total. The summed E-state index contributed by atoms with van der Waals surface area (Å²) in [5.74, 6) is -0.677. The zero-order chi connectivity index (χ0) is 16.5. The van der Waals surface area contributed by atoms with Gasteiger partial charge in [-0.25, -0.2) is 4.57 Å². The van der Waals surface area contributed by atoms with Crippen LogP contribution in [0.1, 0.15) is 16.6 Å². The van der Waals surface area contributed by atoms with Crippen LogP contribution in [0.5, 0.6) is 0 Å². The number of amides is 1. The highest BCUT2D eigenvalue weighted by atomic mass is 31.2. The average Bonchev–Trinajstić information content (AvgIpc) is 2.72. The quantitative estimate of drug-likeness (QED) is 0.299. The minimum Gasteiger partial charge on any atom is -0.387 e. The molecule has 0 aromatic carbocycles. The van der Waals surface area contributed by atoms with Crippen LogP contribution in [0.3, 0.4) is 0 Å². The highest BCUT2D eigenvalue weighted by molar-refractivity contribution is 7.46. The Labute approximate surface area is 124 Å². The first kappa shape index (κ1) is 17.0. The molecular weight excluding hydrogens is 319 g/mol. The second-order valence-corrected chi connectivity index (χ2v) is 5.98. The van der Waals surface area contributed by atoms with Crippen molar-refractivity contribution in [3.05, 3.63) is 30.1 Å². The molecular formula is C11H16N2O8P+. The van der Waals surface area contributed by atoms with Crippen LogP contribution in [0.4, 0.5) is 0 Å². The maximum absolute atomic E-state index is 11.1. The molecule has 0 spiro atoms. The van der Waals surface area contributed by atoms with E-state index in [1.165, 1.54) is 29.1 Å². The fraction of sp³-hybridized carbons (Fsp3) is 0.455. The van der Waals surface area contributed by atoms with Gasteiger partial charge in [-0.3, -0.25) is 9.32 Å². The Morgan fingerprint density at radius 3 is 2.68 bits per heavy atom. The molecule has 3 unspecified atom stereocenters. The maximum atomic E-state index is 11.1. The molecule has 4 atom stereocenters. The van der Waals surface area contributed by atoms with Gasteiger partial charge in [-0.15, -0.1) is 0 Å². The van der Waals surface area contributed by atoms with Crippen LogP contribution >= 0.6 is 7.82 Å². The van der Waals surface area contributed by atoms with Gasteiger partial charge in [-0.1, -0.05) is 0 Å². The van der Waals surface area contributed by atoms with E-state index in [1.807, 2.05) is 0 Å². The number of aliphatic hydroxyl groups is 2. The first-order chi connectivity index (χ1) is 10.2. The number of hydrogen-bond acceptors (Lipinski definition) is 6. The highest BCUT2D eigenvalue weighted by Gasteiger charge is 2.48. The second kappa shape index (κ2) is 6.39. The van der Waals surface area contributed by atoms with Crippen molar-refractivity contribution < 1.29 is 43.2 Å². The van der Waals surface area contributed by atoms with E-state index in [4.69, 9.17) is 20.3 Å². The first-order valence-corrected chi connectivity index (χ1v) is 7.74. The number of hydrogen-bond donors (Lipinski definition) is 5. The number of carbonyl (C=O) groups excluding carboxylic acids is 1. The molecule has 1 saturated heterocycles. The standard InChI is InChI=1S/C11H15N2O8P/c12-10(16)6-2-1-3-13(4-6)11-9(15)8(14)7(21-11)5-20-22(17,18)19/h1-4,7-9,11,14-15H,5H2,(H3-,12,16,17,18,19)/p+1/t7?,8?,9-,11?/m0/s1. The molecule has 0 saturated carbocycles. The summed E-state index contributed by atoms with van der Waals surface area (Å²) in [5, 5.41) is 19.8. The van der Waals surface area contributed by atoms with Crippen LogP contribution < -0.4 is 10.3 Å². The van der Waals surface area contributed by atoms with Crippen molar-refractivity contribution in [2.75, 3.05) is 6.61 Å². The lowest BCUT2D eigenvalue weighted by Crippen LogP contribution is -2.46. The second-order valence-electron chi connectivity index (χ2n) is 4.74. The molecule has 1 aromatic heterocycles. The molecule has 22 heavy (non-hydrogen) atoms. The number of carbonyl (C=O) groups is 1. The molecule has 2 heterocycles. The summed E-state index contributed by atoms with van der Waals surface area (Å²) in [6.07, 6.45) is -2.18. The summed E-state index contributed by atoms with van der Waals surface area (Å²) < 4.78 is 21.6. The third kappa shape index (κ3) is 3.87. The smallest absolute Gasteiger partial charge is 0.387 e. The Balaban J connectivity index is 2.14. The van der Waals surface area contributed by atoms with E-state index in [0.29, 0.717) is 0 Å². The fourth-order valence-corrected chi connectivity index (χ4v) is 2.42. The summed E-state index contributed by atoms with van der Waals surface area (Å²) >= 11 is 0. The van der Waals surface area contributed by atoms with Crippen molar-refractivity contribution in [3.8, 4) is 0 Å². The van der Waals surface area contributed by atoms with Crippen LogP contribution in [-0.4, -0.2) is 50.8 Å². The molecule has 0 bridgehead atoms. The SMILES string of the molecule is NC(=O)c1ccc[n+](C2OC(COP(=O)(O)O)C(O)[C@@H]2O)c1. The predicted molar refractivity (Wildman–Crippen MR) is 69.1 cm³/mol. The minimum absolute atomic E-state index is 0.169. The van der Waals surface area contributed by atoms with Crippen LogP contribution in [0, 0.1) is 0 Å². The van der Waals surface area contributed by atoms with Crippen molar-refractivity contribution in [1.82, 2.24) is 0 Å². The molecule has 2 rings (SSSR count). The van der Waals surface area contributed by atoms with E-state index in [-0.39, 0.29) is 5.56 Å². The molecule has 0 radical (unpaired) electrons. The third-order valence-electron chi connectivity index (χ3n) is 3.14. The molecule has 1 fully saturated rings. The van der Waals surface area contributed by atoms with E-state index in [9.17, 15) is 19.6 Å². The first-order valence-electron chi connectivity index (χ1n) is 6.21. The number of aliphatic hydroxyl groups excluding tert-OH is 2. The van der Waals surface area contributed by atoms with Gasteiger partial charge in [0.25, 0.3) is 12.1 Å².